The Morgan fingerprint density at radius 3 is 2.69 bits per heavy atom. The molecule has 36 heavy (non-hydrogen) atoms. The van der Waals surface area contributed by atoms with Crippen LogP contribution < -0.4 is 15.0 Å². The lowest BCUT2D eigenvalue weighted by molar-refractivity contribution is -0.0328. The largest absolute Gasteiger partial charge is 0.490 e. The van der Waals surface area contributed by atoms with Crippen molar-refractivity contribution in [1.29, 1.82) is 0 Å². The highest BCUT2D eigenvalue weighted by atomic mass is 16.5. The molecule has 7 heteroatoms. The number of aliphatic hydroxyl groups excluding tert-OH is 1. The number of fused-ring (bicyclic) bond motifs is 1. The molecular weight excluding hydrogens is 456 g/mol. The van der Waals surface area contributed by atoms with E-state index in [1.807, 2.05) is 6.07 Å². The maximum absolute atomic E-state index is 10.9. The molecule has 3 aliphatic rings. The van der Waals surface area contributed by atoms with Gasteiger partial charge in [0.05, 0.1) is 37.7 Å². The van der Waals surface area contributed by atoms with Crippen LogP contribution in [0.5, 0.6) is 5.75 Å². The normalized spacial score (nSPS) is 23.8. The van der Waals surface area contributed by atoms with E-state index in [0.717, 1.165) is 61.2 Å². The van der Waals surface area contributed by atoms with Crippen molar-refractivity contribution in [3.05, 3.63) is 59.2 Å². The summed E-state index contributed by atoms with van der Waals surface area (Å²) in [5.74, 6) is 1.63. The number of β-amino-alcohol motifs (C(OH)–C–C–N with tert-alkyl or cyclic N) is 1. The Labute approximate surface area is 214 Å². The van der Waals surface area contributed by atoms with Gasteiger partial charge in [0.15, 0.2) is 0 Å². The lowest BCUT2D eigenvalue weighted by Crippen LogP contribution is -2.49. The fourth-order valence-corrected chi connectivity index (χ4v) is 5.18. The van der Waals surface area contributed by atoms with Crippen LogP contribution in [0.25, 0.3) is 0 Å². The van der Waals surface area contributed by atoms with Crippen LogP contribution >= 0.6 is 0 Å². The quantitative estimate of drug-likeness (QED) is 0.436. The molecular formula is C29H40N2O5. The van der Waals surface area contributed by atoms with E-state index in [1.54, 1.807) is 7.11 Å². The van der Waals surface area contributed by atoms with Gasteiger partial charge in [0.1, 0.15) is 12.4 Å². The zero-order valence-corrected chi connectivity index (χ0v) is 21.4. The van der Waals surface area contributed by atoms with Gasteiger partial charge in [-0.3, -0.25) is 0 Å². The van der Waals surface area contributed by atoms with E-state index in [2.05, 4.69) is 46.6 Å². The first-order chi connectivity index (χ1) is 17.7. The van der Waals surface area contributed by atoms with Crippen molar-refractivity contribution < 1.29 is 24.1 Å². The van der Waals surface area contributed by atoms with Crippen molar-refractivity contribution in [2.75, 3.05) is 58.0 Å². The number of anilines is 1. The second-order valence-electron chi connectivity index (χ2n) is 10.3. The summed E-state index contributed by atoms with van der Waals surface area (Å²) >= 11 is 0. The summed E-state index contributed by atoms with van der Waals surface area (Å²) in [7, 11) is 1.74. The molecule has 2 aliphatic heterocycles. The van der Waals surface area contributed by atoms with Crippen LogP contribution in [0.15, 0.2) is 42.5 Å². The molecule has 0 unspecified atom stereocenters. The molecule has 1 saturated carbocycles. The number of benzene rings is 2. The van der Waals surface area contributed by atoms with Gasteiger partial charge in [-0.15, -0.1) is 0 Å². The molecule has 1 aliphatic carbocycles. The van der Waals surface area contributed by atoms with Gasteiger partial charge < -0.3 is 34.3 Å². The van der Waals surface area contributed by atoms with Gasteiger partial charge in [-0.2, -0.15) is 0 Å². The van der Waals surface area contributed by atoms with Crippen LogP contribution in [0.3, 0.4) is 0 Å². The topological polar surface area (TPSA) is 72.4 Å². The molecule has 0 radical (unpaired) electrons. The first kappa shape index (κ1) is 25.5. The third-order valence-corrected chi connectivity index (χ3v) is 7.42. The molecule has 5 rings (SSSR count). The molecule has 0 aromatic heterocycles. The highest BCUT2D eigenvalue weighted by molar-refractivity contribution is 5.61. The van der Waals surface area contributed by atoms with E-state index >= 15 is 0 Å². The van der Waals surface area contributed by atoms with Crippen molar-refractivity contribution in [3.63, 3.8) is 0 Å². The maximum atomic E-state index is 10.9. The van der Waals surface area contributed by atoms with Gasteiger partial charge in [-0.05, 0) is 54.0 Å². The molecule has 2 N–H and O–H groups in total. The molecule has 1 saturated heterocycles. The highest BCUT2D eigenvalue weighted by Crippen LogP contribution is 2.34. The summed E-state index contributed by atoms with van der Waals surface area (Å²) < 4.78 is 23.4. The van der Waals surface area contributed by atoms with Crippen LogP contribution in [0.1, 0.15) is 41.9 Å². The Bertz CT molecular complexity index is 965. The average Bonchev–Trinajstić information content (AvgIpc) is 3.73. The molecule has 2 fully saturated rings. The zero-order valence-electron chi connectivity index (χ0n) is 21.4. The fraction of sp³-hybridized carbons (Fsp3) is 0.586. The van der Waals surface area contributed by atoms with Crippen molar-refractivity contribution in [2.24, 2.45) is 5.92 Å². The van der Waals surface area contributed by atoms with Gasteiger partial charge in [-0.1, -0.05) is 30.3 Å². The first-order valence-corrected chi connectivity index (χ1v) is 13.4. The summed E-state index contributed by atoms with van der Waals surface area (Å²) in [6.07, 6.45) is 2.99. The lowest BCUT2D eigenvalue weighted by atomic mass is 9.85. The van der Waals surface area contributed by atoms with E-state index < -0.39 is 6.10 Å². The number of hydrogen-bond donors (Lipinski definition) is 2. The smallest absolute Gasteiger partial charge is 0.142 e. The zero-order chi connectivity index (χ0) is 24.7. The summed E-state index contributed by atoms with van der Waals surface area (Å²) in [5.41, 5.74) is 4.52. The number of hydrogen-bond acceptors (Lipinski definition) is 7. The molecule has 0 spiro atoms. The van der Waals surface area contributed by atoms with Crippen molar-refractivity contribution in [1.82, 2.24) is 5.32 Å². The molecule has 2 aromatic rings. The van der Waals surface area contributed by atoms with Crippen LogP contribution in [0.2, 0.25) is 0 Å². The van der Waals surface area contributed by atoms with Crippen molar-refractivity contribution >= 4 is 5.69 Å². The van der Waals surface area contributed by atoms with Gasteiger partial charge >= 0.3 is 0 Å². The average molecular weight is 497 g/mol. The van der Waals surface area contributed by atoms with Crippen LogP contribution in [-0.4, -0.2) is 70.4 Å². The highest BCUT2D eigenvalue weighted by Gasteiger charge is 2.34. The Balaban J connectivity index is 1.21. The van der Waals surface area contributed by atoms with E-state index in [1.165, 1.54) is 18.4 Å². The predicted octanol–water partition coefficient (Wildman–Crippen LogP) is 3.48. The molecule has 0 bridgehead atoms. The van der Waals surface area contributed by atoms with Gasteiger partial charge in [0, 0.05) is 45.9 Å². The van der Waals surface area contributed by atoms with E-state index in [0.29, 0.717) is 32.9 Å². The third kappa shape index (κ3) is 6.58. The second kappa shape index (κ2) is 12.4. The van der Waals surface area contributed by atoms with Crippen molar-refractivity contribution in [3.8, 4) is 5.75 Å². The molecule has 2 aromatic carbocycles. The number of piperidine rings is 1. The van der Waals surface area contributed by atoms with Crippen LogP contribution in [0.4, 0.5) is 5.69 Å². The number of nitrogens with zero attached hydrogens (tertiary/aromatic N) is 1. The number of ether oxygens (including phenoxy) is 4. The minimum absolute atomic E-state index is 0.0702. The summed E-state index contributed by atoms with van der Waals surface area (Å²) in [6, 6.07) is 14.8. The Morgan fingerprint density at radius 1 is 1.06 bits per heavy atom. The Morgan fingerprint density at radius 2 is 1.89 bits per heavy atom. The summed E-state index contributed by atoms with van der Waals surface area (Å²) in [6.45, 7) is 6.56. The summed E-state index contributed by atoms with van der Waals surface area (Å²) in [5, 5.41) is 14.2. The minimum atomic E-state index is -0.492. The maximum Gasteiger partial charge on any atom is 0.142 e. The summed E-state index contributed by atoms with van der Waals surface area (Å²) in [4.78, 5) is 2.37. The van der Waals surface area contributed by atoms with Crippen LogP contribution in [0, 0.1) is 5.92 Å². The lowest BCUT2D eigenvalue weighted by Gasteiger charge is -2.36. The molecule has 196 valence electrons. The monoisotopic (exact) mass is 496 g/mol. The second-order valence-corrected chi connectivity index (χ2v) is 10.3. The predicted molar refractivity (Wildman–Crippen MR) is 140 cm³/mol. The fourth-order valence-electron chi connectivity index (χ4n) is 5.18. The Kier molecular flexibility index (Phi) is 8.77. The number of nitrogens with one attached hydrogen (secondary N) is 1. The first-order valence-electron chi connectivity index (χ1n) is 13.4. The van der Waals surface area contributed by atoms with Gasteiger partial charge in [0.2, 0.25) is 0 Å². The van der Waals surface area contributed by atoms with E-state index in [9.17, 15) is 5.11 Å². The standard InChI is InChI=1S/C29H40N2O5/c1-33-13-2-11-31-12-14-35-27-10-7-23(15-25(27)31)20-36-28-17-30-16-26(32)29(28)24-8-5-22(6-9-24)19-34-18-21-3-4-21/h5-10,15,21,26,28-30,32H,2-4,11-14,16-20H2,1H3/t26-,28+,29+/m1/s1. The number of methoxy groups -OCH3 is 1. The van der Waals surface area contributed by atoms with Crippen molar-refractivity contribution in [2.45, 2.75) is 50.6 Å². The number of rotatable bonds is 12. The van der Waals surface area contributed by atoms with Crippen LogP contribution in [-0.2, 0) is 27.4 Å². The van der Waals surface area contributed by atoms with E-state index in [-0.39, 0.29) is 12.0 Å². The minimum Gasteiger partial charge on any atom is -0.490 e. The molecule has 0 amide bonds. The SMILES string of the molecule is COCCCN1CCOc2ccc(CO[C@H]3CNC[C@@H](O)[C@@H]3c3ccc(COCC4CC4)cc3)cc21. The molecule has 2 heterocycles. The molecule has 7 nitrogen and oxygen atoms in total. The van der Waals surface area contributed by atoms with E-state index in [4.69, 9.17) is 18.9 Å². The number of aliphatic hydroxyl groups is 1. The van der Waals surface area contributed by atoms with Gasteiger partial charge in [-0.25, -0.2) is 0 Å². The Hall–Kier alpha value is -2.16. The third-order valence-electron chi connectivity index (χ3n) is 7.42. The molecule has 3 atom stereocenters. The van der Waals surface area contributed by atoms with Gasteiger partial charge in [0.25, 0.3) is 0 Å².